The number of nitrogens with zero attached hydrogens (tertiary/aromatic N) is 2. The Morgan fingerprint density at radius 2 is 2.33 bits per heavy atom. The van der Waals surface area contributed by atoms with E-state index in [2.05, 4.69) is 10.3 Å². The van der Waals surface area contributed by atoms with Gasteiger partial charge in [-0.05, 0) is 18.6 Å². The molecule has 0 radical (unpaired) electrons. The van der Waals surface area contributed by atoms with Crippen molar-refractivity contribution in [1.82, 2.24) is 14.9 Å². The standard InChI is InChI=1S/C11H13ClN4O2/c12-7-3-1-4-8-9(7)16(10(13)15-8)6-2-5-14-11(17)18/h1,3-4,14H,2,5-6H2,(H2,13,15)(H,17,18). The molecule has 0 aliphatic rings. The molecule has 0 saturated carbocycles. The number of hydrogen-bond donors (Lipinski definition) is 3. The molecule has 1 aromatic carbocycles. The molecule has 0 spiro atoms. The van der Waals surface area contributed by atoms with Gasteiger partial charge in [-0.25, -0.2) is 9.78 Å². The molecule has 2 aromatic rings. The number of imidazole rings is 1. The van der Waals surface area contributed by atoms with Crippen molar-refractivity contribution in [2.24, 2.45) is 0 Å². The Hall–Kier alpha value is -1.95. The molecule has 4 N–H and O–H groups in total. The van der Waals surface area contributed by atoms with Gasteiger partial charge in [-0.3, -0.25) is 0 Å². The van der Waals surface area contributed by atoms with Crippen LogP contribution in [0.4, 0.5) is 10.7 Å². The Morgan fingerprint density at radius 3 is 3.06 bits per heavy atom. The Bertz CT molecular complexity index is 582. The van der Waals surface area contributed by atoms with Crippen LogP contribution in [-0.4, -0.2) is 27.3 Å². The number of anilines is 1. The largest absolute Gasteiger partial charge is 0.465 e. The first kappa shape index (κ1) is 12.5. The minimum Gasteiger partial charge on any atom is -0.465 e. The summed E-state index contributed by atoms with van der Waals surface area (Å²) in [5, 5.41) is 11.4. The predicted octanol–water partition coefficient (Wildman–Crippen LogP) is 1.93. The third-order valence-electron chi connectivity index (χ3n) is 2.58. The second-order valence-corrected chi connectivity index (χ2v) is 4.22. The highest BCUT2D eigenvalue weighted by Gasteiger charge is 2.10. The first-order valence-electron chi connectivity index (χ1n) is 5.46. The molecule has 1 heterocycles. The number of benzene rings is 1. The molecule has 6 nitrogen and oxygen atoms in total. The normalized spacial score (nSPS) is 10.7. The maximum Gasteiger partial charge on any atom is 0.404 e. The van der Waals surface area contributed by atoms with E-state index in [4.69, 9.17) is 22.4 Å². The van der Waals surface area contributed by atoms with Gasteiger partial charge in [-0.2, -0.15) is 0 Å². The van der Waals surface area contributed by atoms with Crippen molar-refractivity contribution >= 4 is 34.7 Å². The number of aryl methyl sites for hydroxylation is 1. The van der Waals surface area contributed by atoms with E-state index >= 15 is 0 Å². The fourth-order valence-corrected chi connectivity index (χ4v) is 2.09. The number of para-hydroxylation sites is 1. The van der Waals surface area contributed by atoms with E-state index in [-0.39, 0.29) is 0 Å². The van der Waals surface area contributed by atoms with Crippen LogP contribution in [0.3, 0.4) is 0 Å². The summed E-state index contributed by atoms with van der Waals surface area (Å²) < 4.78 is 1.79. The lowest BCUT2D eigenvalue weighted by Crippen LogP contribution is -2.23. The number of hydrogen-bond acceptors (Lipinski definition) is 3. The molecule has 0 aliphatic heterocycles. The first-order valence-corrected chi connectivity index (χ1v) is 5.84. The van der Waals surface area contributed by atoms with Crippen molar-refractivity contribution in [2.75, 3.05) is 12.3 Å². The molecule has 0 saturated heterocycles. The second kappa shape index (κ2) is 5.14. The van der Waals surface area contributed by atoms with Crippen LogP contribution >= 0.6 is 11.6 Å². The molecule has 0 atom stereocenters. The summed E-state index contributed by atoms with van der Waals surface area (Å²) in [4.78, 5) is 14.5. The fraction of sp³-hybridized carbons (Fsp3) is 0.273. The lowest BCUT2D eigenvalue weighted by atomic mass is 10.3. The molecule has 96 valence electrons. The van der Waals surface area contributed by atoms with E-state index in [0.717, 1.165) is 11.0 Å². The number of carbonyl (C=O) groups is 1. The lowest BCUT2D eigenvalue weighted by Gasteiger charge is -2.07. The molecular formula is C11H13ClN4O2. The van der Waals surface area contributed by atoms with Gasteiger partial charge in [0.1, 0.15) is 0 Å². The number of nitrogens with one attached hydrogen (secondary N) is 1. The predicted molar refractivity (Wildman–Crippen MR) is 69.8 cm³/mol. The van der Waals surface area contributed by atoms with Gasteiger partial charge in [0.25, 0.3) is 0 Å². The SMILES string of the molecule is Nc1nc2cccc(Cl)c2n1CCCNC(=O)O. The Morgan fingerprint density at radius 1 is 1.56 bits per heavy atom. The van der Waals surface area contributed by atoms with Crippen molar-refractivity contribution in [2.45, 2.75) is 13.0 Å². The third-order valence-corrected chi connectivity index (χ3v) is 2.89. The van der Waals surface area contributed by atoms with E-state index < -0.39 is 6.09 Å². The van der Waals surface area contributed by atoms with Gasteiger partial charge < -0.3 is 20.7 Å². The van der Waals surface area contributed by atoms with Crippen LogP contribution in [0.15, 0.2) is 18.2 Å². The maximum atomic E-state index is 10.3. The van der Waals surface area contributed by atoms with Gasteiger partial charge in [-0.15, -0.1) is 0 Å². The van der Waals surface area contributed by atoms with Crippen LogP contribution in [-0.2, 0) is 6.54 Å². The zero-order chi connectivity index (χ0) is 13.1. The molecule has 2 rings (SSSR count). The minimum absolute atomic E-state index is 0.360. The van der Waals surface area contributed by atoms with Gasteiger partial charge >= 0.3 is 6.09 Å². The van der Waals surface area contributed by atoms with Gasteiger partial charge in [0, 0.05) is 13.1 Å². The molecule has 0 fully saturated rings. The number of nitrogen functional groups attached to an aromatic ring is 1. The van der Waals surface area contributed by atoms with E-state index in [1.807, 2.05) is 12.1 Å². The quantitative estimate of drug-likeness (QED) is 0.739. The van der Waals surface area contributed by atoms with Gasteiger partial charge in [-0.1, -0.05) is 17.7 Å². The highest BCUT2D eigenvalue weighted by Crippen LogP contribution is 2.25. The fourth-order valence-electron chi connectivity index (χ4n) is 1.82. The monoisotopic (exact) mass is 268 g/mol. The van der Waals surface area contributed by atoms with Crippen molar-refractivity contribution in [3.05, 3.63) is 23.2 Å². The van der Waals surface area contributed by atoms with E-state index in [1.165, 1.54) is 0 Å². The van der Waals surface area contributed by atoms with Crippen molar-refractivity contribution in [3.8, 4) is 0 Å². The summed E-state index contributed by atoms with van der Waals surface area (Å²) in [6.07, 6.45) is -0.413. The number of halogens is 1. The zero-order valence-corrected chi connectivity index (χ0v) is 10.3. The van der Waals surface area contributed by atoms with Crippen molar-refractivity contribution < 1.29 is 9.90 Å². The van der Waals surface area contributed by atoms with E-state index in [0.29, 0.717) is 30.5 Å². The summed E-state index contributed by atoms with van der Waals surface area (Å²) in [6, 6.07) is 5.42. The number of aromatic nitrogens is 2. The molecule has 18 heavy (non-hydrogen) atoms. The molecule has 0 aliphatic carbocycles. The summed E-state index contributed by atoms with van der Waals surface area (Å²) in [5.41, 5.74) is 7.35. The number of rotatable bonds is 4. The number of fused-ring (bicyclic) bond motifs is 1. The first-order chi connectivity index (χ1) is 8.59. The number of carboxylic acid groups (broad SMARTS) is 1. The smallest absolute Gasteiger partial charge is 0.404 e. The van der Waals surface area contributed by atoms with Crippen LogP contribution < -0.4 is 11.1 Å². The Kier molecular flexibility index (Phi) is 3.57. The average molecular weight is 269 g/mol. The van der Waals surface area contributed by atoms with Crippen LogP contribution in [0.1, 0.15) is 6.42 Å². The molecule has 0 bridgehead atoms. The van der Waals surface area contributed by atoms with Crippen LogP contribution in [0, 0.1) is 0 Å². The second-order valence-electron chi connectivity index (χ2n) is 3.81. The summed E-state index contributed by atoms with van der Waals surface area (Å²) in [5.74, 6) is 0.383. The molecule has 1 aromatic heterocycles. The molecular weight excluding hydrogens is 256 g/mol. The number of amides is 1. The maximum absolute atomic E-state index is 10.3. The van der Waals surface area contributed by atoms with Crippen LogP contribution in [0.25, 0.3) is 11.0 Å². The van der Waals surface area contributed by atoms with E-state index in [9.17, 15) is 4.79 Å². The van der Waals surface area contributed by atoms with Crippen LogP contribution in [0.2, 0.25) is 5.02 Å². The Labute approximate surface area is 108 Å². The highest BCUT2D eigenvalue weighted by molar-refractivity contribution is 6.35. The van der Waals surface area contributed by atoms with Crippen LogP contribution in [0.5, 0.6) is 0 Å². The van der Waals surface area contributed by atoms with Gasteiger partial charge in [0.15, 0.2) is 0 Å². The Balaban J connectivity index is 2.17. The molecule has 0 unspecified atom stereocenters. The lowest BCUT2D eigenvalue weighted by molar-refractivity contribution is 0.194. The highest BCUT2D eigenvalue weighted by atomic mass is 35.5. The topological polar surface area (TPSA) is 93.2 Å². The molecule has 1 amide bonds. The van der Waals surface area contributed by atoms with Gasteiger partial charge in [0.05, 0.1) is 16.1 Å². The summed E-state index contributed by atoms with van der Waals surface area (Å²) in [7, 11) is 0. The summed E-state index contributed by atoms with van der Waals surface area (Å²) in [6.45, 7) is 0.922. The molecule has 7 heteroatoms. The minimum atomic E-state index is -1.03. The summed E-state index contributed by atoms with van der Waals surface area (Å²) >= 11 is 6.11. The third kappa shape index (κ3) is 2.48. The van der Waals surface area contributed by atoms with Crippen molar-refractivity contribution in [3.63, 3.8) is 0 Å². The number of nitrogens with two attached hydrogens (primary N) is 1. The average Bonchev–Trinajstić information content (AvgIpc) is 2.62. The zero-order valence-electron chi connectivity index (χ0n) is 9.56. The van der Waals surface area contributed by atoms with Gasteiger partial charge in [0.2, 0.25) is 5.95 Å². The van der Waals surface area contributed by atoms with Crippen molar-refractivity contribution in [1.29, 1.82) is 0 Å². The van der Waals surface area contributed by atoms with E-state index in [1.54, 1.807) is 10.6 Å².